The summed E-state index contributed by atoms with van der Waals surface area (Å²) in [5.41, 5.74) is 2.57. The number of carboxylic acid groups (broad SMARTS) is 1. The highest BCUT2D eigenvalue weighted by molar-refractivity contribution is 5.99. The van der Waals surface area contributed by atoms with E-state index >= 15 is 0 Å². The summed E-state index contributed by atoms with van der Waals surface area (Å²) in [5, 5.41) is 9.10. The summed E-state index contributed by atoms with van der Waals surface area (Å²) in [5.74, 6) is 0.553. The summed E-state index contributed by atoms with van der Waals surface area (Å²) in [6, 6.07) is 7.65. The Balaban J connectivity index is 2.00. The average molecular weight is 283 g/mol. The number of carbonyl (C=O) groups is 1. The molecule has 2 aliphatic rings. The highest BCUT2D eigenvalue weighted by Gasteiger charge is 2.46. The number of aliphatic imine (C=N–C) groups is 1. The number of hydrogen-bond acceptors (Lipinski definition) is 4. The van der Waals surface area contributed by atoms with Crippen LogP contribution in [0.3, 0.4) is 0 Å². The molecule has 1 aromatic heterocycles. The van der Waals surface area contributed by atoms with Gasteiger partial charge in [0.2, 0.25) is 0 Å². The molecule has 2 aliphatic heterocycles. The van der Waals surface area contributed by atoms with Crippen LogP contribution >= 0.6 is 0 Å². The zero-order chi connectivity index (χ0) is 14.4. The molecule has 0 saturated heterocycles. The van der Waals surface area contributed by atoms with Crippen molar-refractivity contribution in [1.82, 2.24) is 9.55 Å². The van der Waals surface area contributed by atoms with Gasteiger partial charge in [0.05, 0.1) is 30.0 Å². The lowest BCUT2D eigenvalue weighted by Crippen LogP contribution is -2.46. The minimum atomic E-state index is -1.35. The van der Waals surface area contributed by atoms with E-state index in [1.165, 1.54) is 0 Å². The number of aromatic nitrogens is 2. The van der Waals surface area contributed by atoms with E-state index in [-0.39, 0.29) is 4.65 Å². The highest BCUT2D eigenvalue weighted by atomic mass is 16.8. The molecule has 104 valence electrons. The molecule has 0 saturated carbocycles. The third kappa shape index (κ3) is 1.61. The predicted molar refractivity (Wildman–Crippen MR) is 72.3 cm³/mol. The van der Waals surface area contributed by atoms with Gasteiger partial charge in [0.1, 0.15) is 5.69 Å². The van der Waals surface area contributed by atoms with Crippen LogP contribution in [0, 0.1) is 0 Å². The van der Waals surface area contributed by atoms with Crippen LogP contribution in [0.25, 0.3) is 5.69 Å². The summed E-state index contributed by atoms with van der Waals surface area (Å²) in [6.07, 6.45) is 5.26. The van der Waals surface area contributed by atoms with Crippen LogP contribution in [-0.4, -0.2) is 31.3 Å². The summed E-state index contributed by atoms with van der Waals surface area (Å²) in [6.45, 7) is 0.302. The van der Waals surface area contributed by atoms with Crippen molar-refractivity contribution in [3.63, 3.8) is 0 Å². The van der Waals surface area contributed by atoms with E-state index in [1.807, 2.05) is 28.8 Å². The zero-order valence-corrected chi connectivity index (χ0v) is 10.9. The Hall–Kier alpha value is -2.93. The number of rotatable bonds is 1. The van der Waals surface area contributed by atoms with Crippen LogP contribution in [0.15, 0.2) is 54.2 Å². The van der Waals surface area contributed by atoms with Crippen molar-refractivity contribution in [3.8, 4) is 5.69 Å². The van der Waals surface area contributed by atoms with Crippen molar-refractivity contribution in [3.05, 3.63) is 60.4 Å². The average Bonchev–Trinajstić information content (AvgIpc) is 3.04. The second-order valence-corrected chi connectivity index (χ2v) is 4.83. The molecular formula is C14H11N4O3+. The van der Waals surface area contributed by atoms with Crippen molar-refractivity contribution < 1.29 is 19.4 Å². The minimum absolute atomic E-state index is 0.302. The Morgan fingerprint density at radius 3 is 3.10 bits per heavy atom. The van der Waals surface area contributed by atoms with E-state index in [2.05, 4.69) is 9.98 Å². The van der Waals surface area contributed by atoms with E-state index in [4.69, 9.17) is 9.94 Å². The molecule has 7 heteroatoms. The van der Waals surface area contributed by atoms with Crippen LogP contribution in [0.5, 0.6) is 0 Å². The lowest BCUT2D eigenvalue weighted by Gasteiger charge is -2.24. The van der Waals surface area contributed by atoms with Gasteiger partial charge in [-0.1, -0.05) is 12.1 Å². The molecule has 0 fully saturated rings. The number of benzene rings is 1. The standard InChI is InChI=1S/C14H10N4O3/c19-14(20)21-18-6-5-16-13(18)11-3-1-2-4-12(11)17-9-15-7-10(17)8-18/h1-7,9H,8H2/p+1. The number of para-hydroxylation sites is 1. The Labute approximate surface area is 119 Å². The van der Waals surface area contributed by atoms with Gasteiger partial charge >= 0.3 is 6.16 Å². The molecule has 1 unspecified atom stereocenters. The molecule has 4 rings (SSSR count). The molecule has 0 amide bonds. The van der Waals surface area contributed by atoms with Gasteiger partial charge in [-0.3, -0.25) is 4.57 Å². The molecule has 7 nitrogen and oxygen atoms in total. The van der Waals surface area contributed by atoms with Gasteiger partial charge in [-0.25, -0.2) is 9.82 Å². The van der Waals surface area contributed by atoms with Crippen molar-refractivity contribution in [2.75, 3.05) is 0 Å². The molecule has 1 aromatic carbocycles. The highest BCUT2D eigenvalue weighted by Crippen LogP contribution is 2.33. The third-order valence-electron chi connectivity index (χ3n) is 3.62. The van der Waals surface area contributed by atoms with Gasteiger partial charge < -0.3 is 5.11 Å². The maximum Gasteiger partial charge on any atom is 0.557 e. The zero-order valence-electron chi connectivity index (χ0n) is 10.9. The number of fused-ring (bicyclic) bond motifs is 5. The first-order valence-electron chi connectivity index (χ1n) is 6.37. The van der Waals surface area contributed by atoms with Crippen LogP contribution in [-0.2, 0) is 11.4 Å². The number of hydrogen-bond donors (Lipinski definition) is 1. The van der Waals surface area contributed by atoms with Crippen molar-refractivity contribution in [2.45, 2.75) is 6.54 Å². The predicted octanol–water partition coefficient (Wildman–Crippen LogP) is 2.04. The van der Waals surface area contributed by atoms with E-state index < -0.39 is 6.16 Å². The molecule has 3 heterocycles. The largest absolute Gasteiger partial charge is 0.557 e. The van der Waals surface area contributed by atoms with Gasteiger partial charge in [-0.05, 0) is 16.8 Å². The molecule has 2 aromatic rings. The van der Waals surface area contributed by atoms with Crippen LogP contribution < -0.4 is 0 Å². The van der Waals surface area contributed by atoms with Crippen molar-refractivity contribution in [2.24, 2.45) is 4.99 Å². The van der Waals surface area contributed by atoms with Crippen LogP contribution in [0.1, 0.15) is 11.3 Å². The molecule has 0 bridgehead atoms. The van der Waals surface area contributed by atoms with E-state index in [0.29, 0.717) is 12.4 Å². The smallest absolute Gasteiger partial charge is 0.446 e. The van der Waals surface area contributed by atoms with Crippen molar-refractivity contribution >= 4 is 12.0 Å². The Morgan fingerprint density at radius 2 is 2.24 bits per heavy atom. The van der Waals surface area contributed by atoms with E-state index in [9.17, 15) is 4.79 Å². The lowest BCUT2D eigenvalue weighted by atomic mass is 10.1. The van der Waals surface area contributed by atoms with Gasteiger partial charge in [-0.15, -0.1) is 0 Å². The molecule has 0 radical (unpaired) electrons. The molecule has 21 heavy (non-hydrogen) atoms. The van der Waals surface area contributed by atoms with Crippen LogP contribution in [0.4, 0.5) is 4.79 Å². The molecular weight excluding hydrogens is 272 g/mol. The molecule has 0 aliphatic carbocycles. The second kappa shape index (κ2) is 4.03. The first-order valence-corrected chi connectivity index (χ1v) is 6.37. The second-order valence-electron chi connectivity index (χ2n) is 4.83. The maximum atomic E-state index is 11.1. The fourth-order valence-electron chi connectivity index (χ4n) is 2.80. The third-order valence-corrected chi connectivity index (χ3v) is 3.62. The topological polar surface area (TPSA) is 76.7 Å². The maximum absolute atomic E-state index is 11.1. The Morgan fingerprint density at radius 1 is 1.38 bits per heavy atom. The van der Waals surface area contributed by atoms with E-state index in [1.54, 1.807) is 24.9 Å². The molecule has 1 atom stereocenters. The quantitative estimate of drug-likeness (QED) is 0.812. The van der Waals surface area contributed by atoms with Gasteiger partial charge in [0.15, 0.2) is 12.7 Å². The minimum Gasteiger partial charge on any atom is -0.446 e. The number of imidazole rings is 1. The fourth-order valence-corrected chi connectivity index (χ4v) is 2.80. The number of quaternary nitrogens is 1. The number of hydroxylamine groups is 3. The fraction of sp³-hybridized carbons (Fsp3) is 0.0714. The molecule has 0 spiro atoms. The first kappa shape index (κ1) is 11.9. The van der Waals surface area contributed by atoms with Gasteiger partial charge in [-0.2, -0.15) is 9.79 Å². The van der Waals surface area contributed by atoms with Crippen molar-refractivity contribution in [1.29, 1.82) is 0 Å². The monoisotopic (exact) mass is 283 g/mol. The summed E-state index contributed by atoms with van der Waals surface area (Å²) in [7, 11) is 0. The normalized spacial score (nSPS) is 21.8. The van der Waals surface area contributed by atoms with E-state index in [0.717, 1.165) is 16.9 Å². The van der Waals surface area contributed by atoms with Gasteiger partial charge in [0.25, 0.3) is 5.84 Å². The molecule has 1 N–H and O–H groups in total. The number of nitrogens with zero attached hydrogens (tertiary/aromatic N) is 4. The van der Waals surface area contributed by atoms with Gasteiger partial charge in [0, 0.05) is 0 Å². The lowest BCUT2D eigenvalue weighted by molar-refractivity contribution is -0.986. The summed E-state index contributed by atoms with van der Waals surface area (Å²) in [4.78, 5) is 24.8. The summed E-state index contributed by atoms with van der Waals surface area (Å²) >= 11 is 0. The Kier molecular flexibility index (Phi) is 2.28. The van der Waals surface area contributed by atoms with Crippen LogP contribution in [0.2, 0.25) is 0 Å². The number of amidine groups is 1. The Bertz CT molecular complexity index is 808. The SMILES string of the molecule is O=C(O)O[N+]12C=CN=C1c1ccccc1-n1cncc1C2. The summed E-state index contributed by atoms with van der Waals surface area (Å²) < 4.78 is 1.62. The first-order chi connectivity index (χ1) is 10.2.